The molecule has 0 N–H and O–H groups in total. The molecule has 5 aromatic rings. The van der Waals surface area contributed by atoms with Gasteiger partial charge in [-0.25, -0.2) is 4.90 Å². The molecule has 0 spiro atoms. The van der Waals surface area contributed by atoms with Crippen LogP contribution in [-0.4, -0.2) is 17.6 Å². The third kappa shape index (κ3) is 3.69. The lowest BCUT2D eigenvalue weighted by atomic mass is 9.59. The quantitative estimate of drug-likeness (QED) is 0.137. The minimum Gasteiger partial charge on any atom is -0.297 e. The first-order valence-electron chi connectivity index (χ1n) is 15.5. The summed E-state index contributed by atoms with van der Waals surface area (Å²) >= 11 is 2.22. The van der Waals surface area contributed by atoms with Crippen LogP contribution in [0.3, 0.4) is 0 Å². The molecule has 3 aliphatic rings. The largest absolute Gasteiger partial charge is 0.297 e. The Balaban J connectivity index is 1.55. The highest BCUT2D eigenvalue weighted by molar-refractivity contribution is 14.1. The molecule has 8 rings (SSSR count). The molecule has 1 heterocycles. The van der Waals surface area contributed by atoms with Gasteiger partial charge in [-0.1, -0.05) is 120 Å². The van der Waals surface area contributed by atoms with Crippen LogP contribution in [0.2, 0.25) is 0 Å². The lowest BCUT2D eigenvalue weighted by molar-refractivity contribution is -0.130. The molecular weight excluding hydrogens is 681 g/mol. The van der Waals surface area contributed by atoms with Gasteiger partial charge in [0.15, 0.2) is 5.78 Å². The lowest BCUT2D eigenvalue weighted by Crippen LogP contribution is -2.45. The Morgan fingerprint density at radius 3 is 1.30 bits per heavy atom. The van der Waals surface area contributed by atoms with Gasteiger partial charge in [0.25, 0.3) is 0 Å². The van der Waals surface area contributed by atoms with Crippen molar-refractivity contribution in [3.63, 3.8) is 0 Å². The second kappa shape index (κ2) is 10.5. The number of halogens is 1. The van der Waals surface area contributed by atoms with Crippen molar-refractivity contribution in [3.8, 4) is 0 Å². The summed E-state index contributed by atoms with van der Waals surface area (Å²) in [6.07, 6.45) is 0. The van der Waals surface area contributed by atoms with Crippen LogP contribution in [0.25, 0.3) is 11.1 Å². The Hall–Kier alpha value is -4.62. The number of allylic oxidation sites excluding steroid dienone is 2. The van der Waals surface area contributed by atoms with E-state index in [0.717, 1.165) is 48.1 Å². The Bertz CT molecular complexity index is 1940. The van der Waals surface area contributed by atoms with Gasteiger partial charge in [-0.3, -0.25) is 14.4 Å². The first kappa shape index (κ1) is 28.8. The van der Waals surface area contributed by atoms with Crippen LogP contribution >= 0.6 is 22.6 Å². The molecule has 2 aliphatic carbocycles. The van der Waals surface area contributed by atoms with E-state index in [9.17, 15) is 0 Å². The summed E-state index contributed by atoms with van der Waals surface area (Å²) in [5.74, 6) is -2.64. The minimum absolute atomic E-state index is 0.109. The Kier molecular flexibility index (Phi) is 6.55. The van der Waals surface area contributed by atoms with Crippen molar-refractivity contribution in [3.05, 3.63) is 170 Å². The van der Waals surface area contributed by atoms with Gasteiger partial charge in [0.2, 0.25) is 11.8 Å². The van der Waals surface area contributed by atoms with Crippen LogP contribution in [0.1, 0.15) is 33.4 Å². The predicted molar refractivity (Wildman–Crippen MR) is 189 cm³/mol. The van der Waals surface area contributed by atoms with Crippen molar-refractivity contribution in [2.45, 2.75) is 24.7 Å². The molecule has 1 saturated carbocycles. The topological polar surface area (TPSA) is 54.5 Å². The smallest absolute Gasteiger partial charge is 0.239 e. The second-order valence-corrected chi connectivity index (χ2v) is 13.8. The Morgan fingerprint density at radius 2 is 0.913 bits per heavy atom. The molecule has 5 heteroatoms. The summed E-state index contributed by atoms with van der Waals surface area (Å²) < 4.78 is 1.00. The molecule has 2 amide bonds. The second-order valence-electron chi connectivity index (χ2n) is 12.6. The molecule has 0 unspecified atom stereocenters. The molecule has 0 radical (unpaired) electrons. The summed E-state index contributed by atoms with van der Waals surface area (Å²) in [5.41, 5.74) is 4.75. The maximum absolute atomic E-state index is 15.9. The minimum atomic E-state index is -1.40. The Morgan fingerprint density at radius 1 is 0.522 bits per heavy atom. The molecule has 4 nitrogen and oxygen atoms in total. The monoisotopic (exact) mass is 711 g/mol. The van der Waals surface area contributed by atoms with E-state index in [2.05, 4.69) is 71.1 Å². The van der Waals surface area contributed by atoms with Crippen molar-refractivity contribution >= 4 is 57.0 Å². The van der Waals surface area contributed by atoms with E-state index in [4.69, 9.17) is 0 Å². The average molecular weight is 712 g/mol. The number of rotatable bonds is 5. The summed E-state index contributed by atoms with van der Waals surface area (Å²) in [6, 6.07) is 43.2. The summed E-state index contributed by atoms with van der Waals surface area (Å²) in [6.45, 7) is 4.08. The van der Waals surface area contributed by atoms with Crippen LogP contribution in [0, 0.1) is 29.3 Å². The molecule has 1 saturated heterocycles. The fraction of sp³-hybridized carbons (Fsp3) is 0.146. The highest BCUT2D eigenvalue weighted by Crippen LogP contribution is 2.74. The van der Waals surface area contributed by atoms with Crippen LogP contribution in [0.15, 0.2) is 133 Å². The van der Waals surface area contributed by atoms with E-state index in [1.807, 2.05) is 98.8 Å². The number of aryl methyl sites for hydroxylation is 2. The van der Waals surface area contributed by atoms with Gasteiger partial charge in [-0.2, -0.15) is 0 Å². The summed E-state index contributed by atoms with van der Waals surface area (Å²) in [7, 11) is 0. The number of ketones is 1. The molecule has 224 valence electrons. The number of carbonyl (C=O) groups is 3. The third-order valence-corrected chi connectivity index (χ3v) is 10.9. The van der Waals surface area contributed by atoms with E-state index >= 15 is 14.4 Å². The van der Waals surface area contributed by atoms with Crippen molar-refractivity contribution in [1.82, 2.24) is 0 Å². The number of hydrogen-bond acceptors (Lipinski definition) is 3. The zero-order valence-corrected chi connectivity index (χ0v) is 27.6. The van der Waals surface area contributed by atoms with Gasteiger partial charge in [-0.15, -0.1) is 0 Å². The molecule has 2 bridgehead atoms. The number of nitrogens with zero attached hydrogens (tertiary/aromatic N) is 1. The first-order chi connectivity index (χ1) is 22.3. The zero-order chi connectivity index (χ0) is 31.8. The third-order valence-electron chi connectivity index (χ3n) is 10.2. The number of amides is 2. The van der Waals surface area contributed by atoms with Gasteiger partial charge in [0, 0.05) is 3.57 Å². The van der Waals surface area contributed by atoms with E-state index < -0.39 is 22.7 Å². The van der Waals surface area contributed by atoms with Crippen molar-refractivity contribution in [2.75, 3.05) is 4.90 Å². The molecule has 4 atom stereocenters. The van der Waals surface area contributed by atoms with E-state index in [1.165, 1.54) is 4.90 Å². The van der Waals surface area contributed by atoms with E-state index in [0.29, 0.717) is 5.69 Å². The van der Waals surface area contributed by atoms with E-state index in [-0.39, 0.29) is 17.6 Å². The summed E-state index contributed by atoms with van der Waals surface area (Å²) in [4.78, 5) is 47.3. The van der Waals surface area contributed by atoms with Gasteiger partial charge < -0.3 is 0 Å². The normalized spacial score (nSPS) is 25.0. The van der Waals surface area contributed by atoms with E-state index in [1.54, 1.807) is 0 Å². The molecule has 46 heavy (non-hydrogen) atoms. The number of hydrogen-bond donors (Lipinski definition) is 0. The molecule has 2 fully saturated rings. The van der Waals surface area contributed by atoms with Gasteiger partial charge >= 0.3 is 0 Å². The van der Waals surface area contributed by atoms with Crippen LogP contribution in [-0.2, 0) is 25.2 Å². The highest BCUT2D eigenvalue weighted by atomic mass is 127. The van der Waals surface area contributed by atoms with Gasteiger partial charge in [0.05, 0.1) is 28.4 Å². The first-order valence-corrected chi connectivity index (χ1v) is 16.6. The highest BCUT2D eigenvalue weighted by Gasteiger charge is 2.82. The number of benzene rings is 5. The van der Waals surface area contributed by atoms with Gasteiger partial charge in [-0.05, 0) is 94.1 Å². The zero-order valence-electron chi connectivity index (χ0n) is 25.4. The standard InChI is InChI=1S/C41H30INO3/c1-25-13-17-27(18-14-25)33-34(28-19-15-26(2)16-20-28)41(30-11-7-4-8-12-30)36-35(40(33,39(41)46)29-9-5-3-6-10-29)37(44)43(38(36)45)32-23-21-31(42)22-24-32/h3-24,35-36H,1-2H3/t35-,36-,40+,41+/m0/s1. The maximum Gasteiger partial charge on any atom is 0.239 e. The Labute approximate surface area is 281 Å². The summed E-state index contributed by atoms with van der Waals surface area (Å²) in [5, 5.41) is 0. The molecule has 1 aliphatic heterocycles. The number of Topliss-reactive ketones (excluding diaryl/α,β-unsaturated/α-hetero) is 1. The predicted octanol–water partition coefficient (Wildman–Crippen LogP) is 8.10. The maximum atomic E-state index is 15.9. The van der Waals surface area contributed by atoms with Crippen molar-refractivity contribution in [1.29, 1.82) is 0 Å². The fourth-order valence-electron chi connectivity index (χ4n) is 8.41. The van der Waals surface area contributed by atoms with Crippen LogP contribution in [0.4, 0.5) is 5.69 Å². The molecule has 5 aromatic carbocycles. The average Bonchev–Trinajstić information content (AvgIpc) is 3.59. The lowest BCUT2D eigenvalue weighted by Gasteiger charge is -2.39. The van der Waals surface area contributed by atoms with Crippen LogP contribution in [0.5, 0.6) is 0 Å². The number of imide groups is 1. The van der Waals surface area contributed by atoms with Gasteiger partial charge in [0.1, 0.15) is 0 Å². The SMILES string of the molecule is Cc1ccc(C2=C(c3ccc(C)cc3)[C@@]3(c4ccccc4)C(=O)[C@@]2(c2ccccc2)[C@@H]2C(=O)N(c4ccc(I)cc4)C(=O)[C@H]23)cc1. The number of fused-ring (bicyclic) bond motifs is 5. The molecular formula is C41H30INO3. The number of carbonyl (C=O) groups excluding carboxylic acids is 3. The fourth-order valence-corrected chi connectivity index (χ4v) is 8.77. The number of anilines is 1. The van der Waals surface area contributed by atoms with Crippen LogP contribution < -0.4 is 4.90 Å². The van der Waals surface area contributed by atoms with Crippen molar-refractivity contribution < 1.29 is 14.4 Å². The molecule has 0 aromatic heterocycles. The van der Waals surface area contributed by atoms with Crippen molar-refractivity contribution in [2.24, 2.45) is 11.8 Å².